The third-order valence-corrected chi connectivity index (χ3v) is 4.17. The minimum Gasteiger partial charge on any atom is -0.493 e. The van der Waals surface area contributed by atoms with E-state index in [1.54, 1.807) is 25.3 Å². The van der Waals surface area contributed by atoms with Gasteiger partial charge in [-0.3, -0.25) is 0 Å². The molecule has 0 saturated heterocycles. The molecule has 6 nitrogen and oxygen atoms in total. The second kappa shape index (κ2) is 9.94. The van der Waals surface area contributed by atoms with Gasteiger partial charge in [-0.1, -0.05) is 48.5 Å². The summed E-state index contributed by atoms with van der Waals surface area (Å²) in [6, 6.07) is 24.2. The van der Waals surface area contributed by atoms with Crippen molar-refractivity contribution in [1.82, 2.24) is 5.43 Å². The Morgan fingerprint density at radius 3 is 2.34 bits per heavy atom. The highest BCUT2D eigenvalue weighted by Crippen LogP contribution is 2.31. The molecule has 0 aliphatic heterocycles. The number of hydrazone groups is 1. The molecule has 0 aromatic heterocycles. The fourth-order valence-electron chi connectivity index (χ4n) is 2.69. The molecule has 3 rings (SSSR count). The van der Waals surface area contributed by atoms with Gasteiger partial charge in [0.1, 0.15) is 6.10 Å². The van der Waals surface area contributed by atoms with Crippen molar-refractivity contribution < 1.29 is 14.3 Å². The predicted molar refractivity (Wildman–Crippen MR) is 115 cm³/mol. The van der Waals surface area contributed by atoms with Crippen molar-refractivity contribution in [3.8, 4) is 11.5 Å². The van der Waals surface area contributed by atoms with Crippen molar-refractivity contribution in [3.05, 3.63) is 90.0 Å². The number of para-hydroxylation sites is 1. The van der Waals surface area contributed by atoms with Crippen molar-refractivity contribution in [2.45, 2.75) is 13.0 Å². The van der Waals surface area contributed by atoms with Gasteiger partial charge in [-0.05, 0) is 48.4 Å². The topological polar surface area (TPSA) is 72.0 Å². The summed E-state index contributed by atoms with van der Waals surface area (Å²) in [6.45, 7) is 1.99. The lowest BCUT2D eigenvalue weighted by Gasteiger charge is -2.17. The van der Waals surface area contributed by atoms with Gasteiger partial charge < -0.3 is 14.8 Å². The molecule has 0 heterocycles. The van der Waals surface area contributed by atoms with Crippen LogP contribution in [0.25, 0.3) is 0 Å². The maximum atomic E-state index is 11.9. The Balaban J connectivity index is 1.60. The van der Waals surface area contributed by atoms with Crippen LogP contribution in [0.1, 0.15) is 24.2 Å². The molecule has 0 fully saturated rings. The smallest absolute Gasteiger partial charge is 0.339 e. The zero-order valence-corrected chi connectivity index (χ0v) is 16.3. The van der Waals surface area contributed by atoms with Crippen molar-refractivity contribution in [3.63, 3.8) is 0 Å². The van der Waals surface area contributed by atoms with Crippen molar-refractivity contribution in [2.24, 2.45) is 5.10 Å². The van der Waals surface area contributed by atoms with Crippen LogP contribution < -0.4 is 20.2 Å². The third-order valence-electron chi connectivity index (χ3n) is 4.17. The van der Waals surface area contributed by atoms with E-state index in [9.17, 15) is 4.79 Å². The molecule has 6 heteroatoms. The number of carbonyl (C=O) groups is 1. The molecule has 0 aliphatic carbocycles. The maximum absolute atomic E-state index is 11.9. The number of benzene rings is 3. The highest BCUT2D eigenvalue weighted by atomic mass is 16.5. The number of methoxy groups -OCH3 is 1. The number of nitrogens with zero attached hydrogens (tertiary/aromatic N) is 1. The monoisotopic (exact) mass is 389 g/mol. The Hall–Kier alpha value is -3.80. The van der Waals surface area contributed by atoms with E-state index in [4.69, 9.17) is 9.47 Å². The Morgan fingerprint density at radius 2 is 1.66 bits per heavy atom. The van der Waals surface area contributed by atoms with Crippen LogP contribution in [0.3, 0.4) is 0 Å². The summed E-state index contributed by atoms with van der Waals surface area (Å²) in [7, 11) is 1.59. The first-order valence-electron chi connectivity index (χ1n) is 9.20. The molecule has 3 aromatic rings. The molecule has 29 heavy (non-hydrogen) atoms. The number of ether oxygens (including phenoxy) is 2. The quantitative estimate of drug-likeness (QED) is 0.442. The van der Waals surface area contributed by atoms with E-state index in [-0.39, 0.29) is 6.10 Å². The van der Waals surface area contributed by atoms with E-state index in [1.807, 2.05) is 67.6 Å². The molecule has 3 aromatic carbocycles. The number of hydrogen-bond acceptors (Lipinski definition) is 4. The number of nitrogens with one attached hydrogen (secondary N) is 2. The van der Waals surface area contributed by atoms with Crippen LogP contribution in [0.2, 0.25) is 0 Å². The zero-order chi connectivity index (χ0) is 20.5. The number of anilines is 1. The Labute approximate surface area is 170 Å². The Kier molecular flexibility index (Phi) is 6.84. The molecule has 148 valence electrons. The average molecular weight is 389 g/mol. The Bertz CT molecular complexity index is 960. The number of urea groups is 1. The SMILES string of the molecule is COc1cc(/C=N\NC(=O)Nc2ccccc2)ccc1O[C@H](C)c1ccccc1. The summed E-state index contributed by atoms with van der Waals surface area (Å²) in [4.78, 5) is 11.9. The van der Waals surface area contributed by atoms with E-state index < -0.39 is 6.03 Å². The summed E-state index contributed by atoms with van der Waals surface area (Å²) in [5, 5.41) is 6.66. The fourth-order valence-corrected chi connectivity index (χ4v) is 2.69. The molecule has 0 bridgehead atoms. The molecule has 2 amide bonds. The lowest BCUT2D eigenvalue weighted by atomic mass is 10.1. The summed E-state index contributed by atoms with van der Waals surface area (Å²) in [6.07, 6.45) is 1.42. The van der Waals surface area contributed by atoms with Gasteiger partial charge >= 0.3 is 6.03 Å². The van der Waals surface area contributed by atoms with Gasteiger partial charge in [0.25, 0.3) is 0 Å². The summed E-state index contributed by atoms with van der Waals surface area (Å²) < 4.78 is 11.5. The van der Waals surface area contributed by atoms with Crippen LogP contribution in [-0.2, 0) is 0 Å². The normalized spacial score (nSPS) is 11.7. The summed E-state index contributed by atoms with van der Waals surface area (Å²) in [5.74, 6) is 1.22. The van der Waals surface area contributed by atoms with Crippen molar-refractivity contribution in [1.29, 1.82) is 0 Å². The zero-order valence-electron chi connectivity index (χ0n) is 16.3. The molecular formula is C23H23N3O3. The third kappa shape index (κ3) is 5.84. The molecular weight excluding hydrogens is 366 g/mol. The maximum Gasteiger partial charge on any atom is 0.339 e. The van der Waals surface area contributed by atoms with Crippen LogP contribution in [0.4, 0.5) is 10.5 Å². The molecule has 0 spiro atoms. The van der Waals surface area contributed by atoms with Gasteiger partial charge in [0.05, 0.1) is 13.3 Å². The predicted octanol–water partition coefficient (Wildman–Crippen LogP) is 4.99. The second-order valence-electron chi connectivity index (χ2n) is 6.27. The lowest BCUT2D eigenvalue weighted by molar-refractivity contribution is 0.216. The standard InChI is InChI=1S/C23H23N3O3/c1-17(19-9-5-3-6-10-19)29-21-14-13-18(15-22(21)28-2)16-24-26-23(27)25-20-11-7-4-8-12-20/h3-17H,1-2H3,(H2,25,26,27)/b24-16-/t17-/m1/s1. The van der Waals surface area contributed by atoms with Crippen molar-refractivity contribution >= 4 is 17.9 Å². The molecule has 0 saturated carbocycles. The number of hydrogen-bond donors (Lipinski definition) is 2. The summed E-state index contributed by atoms with van der Waals surface area (Å²) >= 11 is 0. The highest BCUT2D eigenvalue weighted by molar-refractivity contribution is 5.90. The van der Waals surface area contributed by atoms with Crippen LogP contribution in [-0.4, -0.2) is 19.4 Å². The first-order chi connectivity index (χ1) is 14.2. The molecule has 0 aliphatic rings. The summed E-state index contributed by atoms with van der Waals surface area (Å²) in [5.41, 5.74) is 4.97. The fraction of sp³-hybridized carbons (Fsp3) is 0.130. The number of amides is 2. The Morgan fingerprint density at radius 1 is 0.966 bits per heavy atom. The first kappa shape index (κ1) is 19.9. The largest absolute Gasteiger partial charge is 0.493 e. The van der Waals surface area contributed by atoms with Gasteiger partial charge in [-0.2, -0.15) is 5.10 Å². The van der Waals surface area contributed by atoms with E-state index >= 15 is 0 Å². The highest BCUT2D eigenvalue weighted by Gasteiger charge is 2.11. The minimum atomic E-state index is -0.420. The van der Waals surface area contributed by atoms with E-state index in [1.165, 1.54) is 6.21 Å². The number of rotatable bonds is 7. The minimum absolute atomic E-state index is 0.118. The van der Waals surface area contributed by atoms with Gasteiger partial charge in [0.2, 0.25) is 0 Å². The van der Waals surface area contributed by atoms with Gasteiger partial charge in [0.15, 0.2) is 11.5 Å². The first-order valence-corrected chi connectivity index (χ1v) is 9.20. The van der Waals surface area contributed by atoms with E-state index in [0.29, 0.717) is 17.2 Å². The molecule has 0 unspecified atom stereocenters. The van der Waals surface area contributed by atoms with Gasteiger partial charge in [-0.25, -0.2) is 10.2 Å². The van der Waals surface area contributed by atoms with E-state index in [0.717, 1.165) is 11.1 Å². The van der Waals surface area contributed by atoms with Crippen LogP contribution in [0.5, 0.6) is 11.5 Å². The van der Waals surface area contributed by atoms with Crippen LogP contribution >= 0.6 is 0 Å². The van der Waals surface area contributed by atoms with Gasteiger partial charge in [0, 0.05) is 5.69 Å². The second-order valence-corrected chi connectivity index (χ2v) is 6.27. The van der Waals surface area contributed by atoms with Gasteiger partial charge in [-0.15, -0.1) is 0 Å². The van der Waals surface area contributed by atoms with Crippen LogP contribution in [0.15, 0.2) is 84.0 Å². The van der Waals surface area contributed by atoms with Crippen LogP contribution in [0, 0.1) is 0 Å². The number of carbonyl (C=O) groups excluding carboxylic acids is 1. The average Bonchev–Trinajstić information content (AvgIpc) is 2.76. The molecule has 1 atom stereocenters. The van der Waals surface area contributed by atoms with E-state index in [2.05, 4.69) is 15.8 Å². The van der Waals surface area contributed by atoms with Crippen molar-refractivity contribution in [2.75, 3.05) is 12.4 Å². The molecule has 0 radical (unpaired) electrons. The molecule has 2 N–H and O–H groups in total. The lowest BCUT2D eigenvalue weighted by Crippen LogP contribution is -2.24.